The van der Waals surface area contributed by atoms with Crippen molar-refractivity contribution in [3.63, 3.8) is 0 Å². The first-order valence-corrected chi connectivity index (χ1v) is 7.04. The molecule has 0 bridgehead atoms. The van der Waals surface area contributed by atoms with E-state index in [1.807, 2.05) is 38.1 Å². The summed E-state index contributed by atoms with van der Waals surface area (Å²) in [6, 6.07) is 9.21. The van der Waals surface area contributed by atoms with E-state index in [-0.39, 0.29) is 11.9 Å². The third-order valence-corrected chi connectivity index (χ3v) is 3.24. The fourth-order valence-corrected chi connectivity index (χ4v) is 1.93. The van der Waals surface area contributed by atoms with Gasteiger partial charge in [-0.2, -0.15) is 0 Å². The minimum atomic E-state index is -0.256. The van der Waals surface area contributed by atoms with E-state index in [1.54, 1.807) is 12.3 Å². The van der Waals surface area contributed by atoms with Gasteiger partial charge in [-0.25, -0.2) is 0 Å². The number of hydrogen-bond acceptors (Lipinski definition) is 3. The van der Waals surface area contributed by atoms with Crippen LogP contribution < -0.4 is 10.1 Å². The number of nitrogens with one attached hydrogen (secondary N) is 1. The number of amides is 1. The van der Waals surface area contributed by atoms with E-state index < -0.39 is 0 Å². The van der Waals surface area contributed by atoms with Crippen molar-refractivity contribution in [2.24, 2.45) is 0 Å². The number of halogens is 1. The van der Waals surface area contributed by atoms with Crippen LogP contribution in [-0.4, -0.2) is 23.5 Å². The first-order chi connectivity index (χ1) is 10.1. The Balaban J connectivity index is 1.87. The number of benzene rings is 1. The predicted octanol–water partition coefficient (Wildman–Crippen LogP) is 3.24. The highest BCUT2D eigenvalue weighted by Crippen LogP contribution is 2.14. The van der Waals surface area contributed by atoms with Gasteiger partial charge >= 0.3 is 0 Å². The Hall–Kier alpha value is -2.07. The van der Waals surface area contributed by atoms with Crippen LogP contribution in [0.25, 0.3) is 0 Å². The van der Waals surface area contributed by atoms with Crippen LogP contribution in [0.15, 0.2) is 42.7 Å². The van der Waals surface area contributed by atoms with Gasteiger partial charge in [0.15, 0.2) is 0 Å². The topological polar surface area (TPSA) is 51.2 Å². The Bertz CT molecular complexity index is 614. The Labute approximate surface area is 129 Å². The fourth-order valence-electron chi connectivity index (χ4n) is 1.74. The van der Waals surface area contributed by atoms with E-state index in [4.69, 9.17) is 16.3 Å². The lowest BCUT2D eigenvalue weighted by molar-refractivity contribution is 0.0926. The SMILES string of the molecule is Cc1ccc(OCC(C)NC(=O)c2cnccc2Cl)cc1. The maximum absolute atomic E-state index is 12.0. The fraction of sp³-hybridized carbons (Fsp3) is 0.250. The molecule has 0 saturated heterocycles. The van der Waals surface area contributed by atoms with E-state index in [0.29, 0.717) is 17.2 Å². The molecule has 0 radical (unpaired) electrons. The van der Waals surface area contributed by atoms with Crippen LogP contribution in [0.4, 0.5) is 0 Å². The number of hydrogen-bond donors (Lipinski definition) is 1. The maximum atomic E-state index is 12.0. The molecule has 4 nitrogen and oxygen atoms in total. The minimum absolute atomic E-state index is 0.143. The van der Waals surface area contributed by atoms with Crippen molar-refractivity contribution >= 4 is 17.5 Å². The normalized spacial score (nSPS) is 11.8. The average Bonchev–Trinajstić information content (AvgIpc) is 2.47. The first-order valence-electron chi connectivity index (χ1n) is 6.66. The van der Waals surface area contributed by atoms with Gasteiger partial charge in [0.2, 0.25) is 0 Å². The number of nitrogens with zero attached hydrogens (tertiary/aromatic N) is 1. The van der Waals surface area contributed by atoms with Crippen molar-refractivity contribution < 1.29 is 9.53 Å². The molecule has 2 rings (SSSR count). The largest absolute Gasteiger partial charge is 0.491 e. The summed E-state index contributed by atoms with van der Waals surface area (Å²) in [5.74, 6) is 0.522. The van der Waals surface area contributed by atoms with Crippen molar-refractivity contribution in [2.45, 2.75) is 19.9 Å². The third kappa shape index (κ3) is 4.46. The second kappa shape index (κ2) is 7.09. The third-order valence-electron chi connectivity index (χ3n) is 2.91. The van der Waals surface area contributed by atoms with Crippen LogP contribution in [0, 0.1) is 6.92 Å². The van der Waals surface area contributed by atoms with Crippen LogP contribution in [0.5, 0.6) is 5.75 Å². The molecule has 1 aromatic carbocycles. The minimum Gasteiger partial charge on any atom is -0.491 e. The molecule has 1 N–H and O–H groups in total. The summed E-state index contributed by atoms with van der Waals surface area (Å²) in [5, 5.41) is 3.21. The van der Waals surface area contributed by atoms with Crippen LogP contribution in [-0.2, 0) is 0 Å². The van der Waals surface area contributed by atoms with Gasteiger partial charge in [-0.1, -0.05) is 29.3 Å². The molecule has 110 valence electrons. The molecule has 0 spiro atoms. The Morgan fingerprint density at radius 3 is 2.71 bits per heavy atom. The Morgan fingerprint density at radius 1 is 1.33 bits per heavy atom. The summed E-state index contributed by atoms with van der Waals surface area (Å²) in [6.07, 6.45) is 2.99. The lowest BCUT2D eigenvalue weighted by Crippen LogP contribution is -2.37. The molecule has 5 heteroatoms. The molecule has 21 heavy (non-hydrogen) atoms. The molecule has 0 fully saturated rings. The lowest BCUT2D eigenvalue weighted by atomic mass is 10.2. The molecule has 0 aliphatic heterocycles. The second-order valence-corrected chi connectivity index (χ2v) is 5.26. The van der Waals surface area contributed by atoms with Gasteiger partial charge in [0, 0.05) is 12.4 Å². The summed E-state index contributed by atoms with van der Waals surface area (Å²) >= 11 is 5.96. The molecule has 0 saturated carbocycles. The first kappa shape index (κ1) is 15.3. The quantitative estimate of drug-likeness (QED) is 0.922. The molecular formula is C16H17ClN2O2. The number of carbonyl (C=O) groups is 1. The van der Waals surface area contributed by atoms with Crippen LogP contribution in [0.2, 0.25) is 5.02 Å². The van der Waals surface area contributed by atoms with Crippen molar-refractivity contribution in [1.29, 1.82) is 0 Å². The van der Waals surface area contributed by atoms with Gasteiger partial charge in [0.25, 0.3) is 5.91 Å². The van der Waals surface area contributed by atoms with Crippen LogP contribution in [0.3, 0.4) is 0 Å². The van der Waals surface area contributed by atoms with Crippen molar-refractivity contribution in [2.75, 3.05) is 6.61 Å². The summed E-state index contributed by atoms with van der Waals surface area (Å²) in [6.45, 7) is 4.27. The van der Waals surface area contributed by atoms with Gasteiger partial charge in [-0.05, 0) is 32.0 Å². The zero-order valence-corrected chi connectivity index (χ0v) is 12.7. The summed E-state index contributed by atoms with van der Waals surface area (Å²) in [5.41, 5.74) is 1.54. The van der Waals surface area contributed by atoms with Crippen LogP contribution >= 0.6 is 11.6 Å². The summed E-state index contributed by atoms with van der Waals surface area (Å²) in [7, 11) is 0. The monoisotopic (exact) mass is 304 g/mol. The number of aromatic nitrogens is 1. The van der Waals surface area contributed by atoms with Crippen LogP contribution in [0.1, 0.15) is 22.8 Å². The predicted molar refractivity (Wildman–Crippen MR) is 82.8 cm³/mol. The Morgan fingerprint density at radius 2 is 2.05 bits per heavy atom. The van der Waals surface area contributed by atoms with Gasteiger partial charge in [-0.15, -0.1) is 0 Å². The zero-order valence-electron chi connectivity index (χ0n) is 12.0. The lowest BCUT2D eigenvalue weighted by Gasteiger charge is -2.15. The van der Waals surface area contributed by atoms with E-state index in [1.165, 1.54) is 11.8 Å². The van der Waals surface area contributed by atoms with E-state index in [0.717, 1.165) is 5.75 Å². The number of ether oxygens (including phenoxy) is 1. The van der Waals surface area contributed by atoms with Gasteiger partial charge in [-0.3, -0.25) is 9.78 Å². The van der Waals surface area contributed by atoms with E-state index in [9.17, 15) is 4.79 Å². The Kier molecular flexibility index (Phi) is 5.17. The van der Waals surface area contributed by atoms with Gasteiger partial charge in [0.05, 0.1) is 16.6 Å². The van der Waals surface area contributed by atoms with E-state index >= 15 is 0 Å². The highest BCUT2D eigenvalue weighted by Gasteiger charge is 2.13. The second-order valence-electron chi connectivity index (χ2n) is 4.85. The molecule has 1 aromatic heterocycles. The zero-order chi connectivity index (χ0) is 15.2. The van der Waals surface area contributed by atoms with Crippen molar-refractivity contribution in [3.8, 4) is 5.75 Å². The smallest absolute Gasteiger partial charge is 0.254 e. The highest BCUT2D eigenvalue weighted by atomic mass is 35.5. The molecular weight excluding hydrogens is 288 g/mol. The van der Waals surface area contributed by atoms with E-state index in [2.05, 4.69) is 10.3 Å². The standard InChI is InChI=1S/C16H17ClN2O2/c1-11-3-5-13(6-4-11)21-10-12(2)19-16(20)14-9-18-8-7-15(14)17/h3-9,12H,10H2,1-2H3,(H,19,20). The molecule has 0 aliphatic rings. The molecule has 0 aliphatic carbocycles. The summed E-state index contributed by atoms with van der Waals surface area (Å²) in [4.78, 5) is 15.9. The highest BCUT2D eigenvalue weighted by molar-refractivity contribution is 6.33. The summed E-state index contributed by atoms with van der Waals surface area (Å²) < 4.78 is 5.63. The molecule has 1 unspecified atom stereocenters. The molecule has 1 amide bonds. The van der Waals surface area contributed by atoms with Crippen molar-refractivity contribution in [3.05, 3.63) is 58.9 Å². The average molecular weight is 305 g/mol. The molecule has 1 heterocycles. The number of pyridine rings is 1. The van der Waals surface area contributed by atoms with Gasteiger partial charge < -0.3 is 10.1 Å². The number of rotatable bonds is 5. The molecule has 2 aromatic rings. The van der Waals surface area contributed by atoms with Crippen molar-refractivity contribution in [1.82, 2.24) is 10.3 Å². The van der Waals surface area contributed by atoms with Gasteiger partial charge in [0.1, 0.15) is 12.4 Å². The number of carbonyl (C=O) groups excluding carboxylic acids is 1. The maximum Gasteiger partial charge on any atom is 0.254 e. The number of aryl methyl sites for hydroxylation is 1. The molecule has 1 atom stereocenters.